The zero-order valence-electron chi connectivity index (χ0n) is 8.63. The first-order valence-corrected chi connectivity index (χ1v) is 6.83. The molecule has 0 spiro atoms. The van der Waals surface area contributed by atoms with Gasteiger partial charge >= 0.3 is 0 Å². The van der Waals surface area contributed by atoms with Gasteiger partial charge in [-0.25, -0.2) is 0 Å². The normalized spacial score (nSPS) is 13.1. The van der Waals surface area contributed by atoms with Crippen molar-refractivity contribution >= 4 is 27.3 Å². The van der Waals surface area contributed by atoms with E-state index < -0.39 is 0 Å². The van der Waals surface area contributed by atoms with E-state index in [9.17, 15) is 0 Å². The molecule has 2 N–H and O–H groups in total. The van der Waals surface area contributed by atoms with Crippen LogP contribution in [0.3, 0.4) is 0 Å². The van der Waals surface area contributed by atoms with E-state index in [4.69, 9.17) is 5.73 Å². The van der Waals surface area contributed by atoms with Crippen LogP contribution in [0.15, 0.2) is 15.9 Å². The largest absolute Gasteiger partial charge is 0.327 e. The van der Waals surface area contributed by atoms with Gasteiger partial charge in [0.1, 0.15) is 0 Å². The number of rotatable bonds is 6. The fourth-order valence-electron chi connectivity index (χ4n) is 1.48. The van der Waals surface area contributed by atoms with Crippen LogP contribution in [0, 0.1) is 0 Å². The molecule has 14 heavy (non-hydrogen) atoms. The molecule has 0 saturated heterocycles. The van der Waals surface area contributed by atoms with E-state index in [1.165, 1.54) is 27.9 Å². The summed E-state index contributed by atoms with van der Waals surface area (Å²) in [5.41, 5.74) is 6.05. The molecule has 0 bridgehead atoms. The Morgan fingerprint density at radius 2 is 2.21 bits per heavy atom. The van der Waals surface area contributed by atoms with E-state index >= 15 is 0 Å². The highest BCUT2D eigenvalue weighted by molar-refractivity contribution is 9.11. The van der Waals surface area contributed by atoms with Crippen LogP contribution in [0.5, 0.6) is 0 Å². The molecule has 0 aliphatic heterocycles. The Morgan fingerprint density at radius 1 is 1.43 bits per heavy atom. The molecule has 1 unspecified atom stereocenters. The Hall–Kier alpha value is 0.140. The molecule has 0 aromatic carbocycles. The second-order valence-electron chi connectivity index (χ2n) is 3.67. The van der Waals surface area contributed by atoms with Crippen molar-refractivity contribution in [3.05, 3.63) is 20.8 Å². The van der Waals surface area contributed by atoms with Crippen molar-refractivity contribution in [2.45, 2.75) is 45.1 Å². The lowest BCUT2D eigenvalue weighted by atomic mass is 10.1. The molecule has 3 heteroatoms. The number of thiophene rings is 1. The summed E-state index contributed by atoms with van der Waals surface area (Å²) < 4.78 is 1.20. The molecule has 80 valence electrons. The summed E-state index contributed by atoms with van der Waals surface area (Å²) in [5, 5.41) is 0. The molecule has 1 rings (SSSR count). The highest BCUT2D eigenvalue weighted by Gasteiger charge is 2.05. The Morgan fingerprint density at radius 3 is 2.79 bits per heavy atom. The fraction of sp³-hybridized carbons (Fsp3) is 0.636. The van der Waals surface area contributed by atoms with Gasteiger partial charge in [-0.1, -0.05) is 26.2 Å². The molecular weight excluding hydrogens is 258 g/mol. The van der Waals surface area contributed by atoms with E-state index in [1.807, 2.05) is 0 Å². The van der Waals surface area contributed by atoms with Crippen LogP contribution < -0.4 is 5.73 Å². The first-order chi connectivity index (χ1) is 6.72. The van der Waals surface area contributed by atoms with Gasteiger partial charge in [0, 0.05) is 10.9 Å². The second-order valence-corrected chi connectivity index (χ2v) is 6.21. The van der Waals surface area contributed by atoms with Crippen molar-refractivity contribution in [3.8, 4) is 0 Å². The molecule has 1 atom stereocenters. The smallest absolute Gasteiger partial charge is 0.0701 e. The molecule has 1 aromatic heterocycles. The summed E-state index contributed by atoms with van der Waals surface area (Å²) in [6.07, 6.45) is 6.03. The Kier molecular flexibility index (Phi) is 5.75. The van der Waals surface area contributed by atoms with Gasteiger partial charge in [0.15, 0.2) is 0 Å². The van der Waals surface area contributed by atoms with E-state index in [0.717, 1.165) is 12.8 Å². The van der Waals surface area contributed by atoms with E-state index in [0.29, 0.717) is 6.04 Å². The second kappa shape index (κ2) is 6.59. The van der Waals surface area contributed by atoms with Crippen LogP contribution in [-0.2, 0) is 6.42 Å². The first kappa shape index (κ1) is 12.2. The average Bonchev–Trinajstić information content (AvgIpc) is 2.52. The number of nitrogens with two attached hydrogens (primary N) is 1. The third-order valence-electron chi connectivity index (χ3n) is 2.27. The Balaban J connectivity index is 2.23. The van der Waals surface area contributed by atoms with Gasteiger partial charge in [-0.3, -0.25) is 0 Å². The van der Waals surface area contributed by atoms with Gasteiger partial charge in [-0.15, -0.1) is 11.3 Å². The molecule has 0 amide bonds. The van der Waals surface area contributed by atoms with Gasteiger partial charge in [0.05, 0.1) is 3.79 Å². The molecule has 0 saturated carbocycles. The molecule has 0 aliphatic carbocycles. The summed E-state index contributed by atoms with van der Waals surface area (Å²) in [5.74, 6) is 0. The lowest BCUT2D eigenvalue weighted by molar-refractivity contribution is 0.560. The molecular formula is C11H18BrNS. The highest BCUT2D eigenvalue weighted by atomic mass is 79.9. The van der Waals surface area contributed by atoms with Crippen molar-refractivity contribution in [1.82, 2.24) is 0 Å². The SMILES string of the molecule is CCCCCC(N)Cc1ccc(Br)s1. The number of hydrogen-bond donors (Lipinski definition) is 1. The Labute approximate surface area is 98.8 Å². The summed E-state index contributed by atoms with van der Waals surface area (Å²) in [6, 6.07) is 4.60. The maximum atomic E-state index is 6.05. The first-order valence-electron chi connectivity index (χ1n) is 5.22. The fourth-order valence-corrected chi connectivity index (χ4v) is 3.05. The van der Waals surface area contributed by atoms with Crippen LogP contribution in [0.25, 0.3) is 0 Å². The lowest BCUT2D eigenvalue weighted by Gasteiger charge is -2.09. The molecule has 1 aromatic rings. The van der Waals surface area contributed by atoms with Crippen LogP contribution in [0.2, 0.25) is 0 Å². The van der Waals surface area contributed by atoms with Crippen molar-refractivity contribution < 1.29 is 0 Å². The van der Waals surface area contributed by atoms with E-state index in [1.54, 1.807) is 11.3 Å². The molecule has 0 radical (unpaired) electrons. The predicted octanol–water partition coefficient (Wildman–Crippen LogP) is 3.96. The molecule has 0 fully saturated rings. The monoisotopic (exact) mass is 275 g/mol. The minimum atomic E-state index is 0.340. The number of hydrogen-bond acceptors (Lipinski definition) is 2. The van der Waals surface area contributed by atoms with Crippen molar-refractivity contribution in [1.29, 1.82) is 0 Å². The predicted molar refractivity (Wildman–Crippen MR) is 67.8 cm³/mol. The van der Waals surface area contributed by atoms with Crippen LogP contribution in [0.4, 0.5) is 0 Å². The maximum Gasteiger partial charge on any atom is 0.0701 e. The molecule has 1 heterocycles. The molecule has 0 aliphatic rings. The number of unbranched alkanes of at least 4 members (excludes halogenated alkanes) is 2. The van der Waals surface area contributed by atoms with Gasteiger partial charge in [-0.2, -0.15) is 0 Å². The summed E-state index contributed by atoms with van der Waals surface area (Å²) in [7, 11) is 0. The maximum absolute atomic E-state index is 6.05. The third-order valence-corrected chi connectivity index (χ3v) is 3.92. The summed E-state index contributed by atoms with van der Waals surface area (Å²) in [6.45, 7) is 2.22. The van der Waals surface area contributed by atoms with Crippen molar-refractivity contribution in [3.63, 3.8) is 0 Å². The lowest BCUT2D eigenvalue weighted by Crippen LogP contribution is -2.21. The van der Waals surface area contributed by atoms with Crippen LogP contribution in [-0.4, -0.2) is 6.04 Å². The van der Waals surface area contributed by atoms with Gasteiger partial charge in [0.25, 0.3) is 0 Å². The average molecular weight is 276 g/mol. The highest BCUT2D eigenvalue weighted by Crippen LogP contribution is 2.23. The molecule has 1 nitrogen and oxygen atoms in total. The minimum Gasteiger partial charge on any atom is -0.327 e. The van der Waals surface area contributed by atoms with Crippen molar-refractivity contribution in [2.24, 2.45) is 5.73 Å². The topological polar surface area (TPSA) is 26.0 Å². The van der Waals surface area contributed by atoms with Gasteiger partial charge in [-0.05, 0) is 40.9 Å². The zero-order valence-corrected chi connectivity index (χ0v) is 11.0. The number of halogens is 1. The summed E-state index contributed by atoms with van der Waals surface area (Å²) in [4.78, 5) is 1.39. The van der Waals surface area contributed by atoms with Gasteiger partial charge < -0.3 is 5.73 Å². The zero-order chi connectivity index (χ0) is 10.4. The van der Waals surface area contributed by atoms with E-state index in [-0.39, 0.29) is 0 Å². The van der Waals surface area contributed by atoms with Crippen LogP contribution >= 0.6 is 27.3 Å². The minimum absolute atomic E-state index is 0.340. The standard InChI is InChI=1S/C11H18BrNS/c1-2-3-4-5-9(13)8-10-6-7-11(12)14-10/h6-7,9H,2-5,8,13H2,1H3. The van der Waals surface area contributed by atoms with Crippen molar-refractivity contribution in [2.75, 3.05) is 0 Å². The summed E-state index contributed by atoms with van der Waals surface area (Å²) >= 11 is 5.26. The van der Waals surface area contributed by atoms with E-state index in [2.05, 4.69) is 35.0 Å². The quantitative estimate of drug-likeness (QED) is 0.782. The third kappa shape index (κ3) is 4.58. The van der Waals surface area contributed by atoms with Crippen LogP contribution in [0.1, 0.15) is 37.5 Å². The van der Waals surface area contributed by atoms with Gasteiger partial charge in [0.2, 0.25) is 0 Å². The Bertz CT molecular complexity index is 260.